The molecule has 0 saturated heterocycles. The van der Waals surface area contributed by atoms with Crippen molar-refractivity contribution in [1.29, 1.82) is 0 Å². The summed E-state index contributed by atoms with van der Waals surface area (Å²) in [7, 11) is 0. The summed E-state index contributed by atoms with van der Waals surface area (Å²) in [5.41, 5.74) is 11.8. The van der Waals surface area contributed by atoms with E-state index in [0.717, 1.165) is 5.56 Å². The number of rotatable bonds is 14. The van der Waals surface area contributed by atoms with Gasteiger partial charge in [0.25, 0.3) is 0 Å². The van der Waals surface area contributed by atoms with E-state index < -0.39 is 30.1 Å². The number of hydrogen-bond acceptors (Lipinski definition) is 8. The van der Waals surface area contributed by atoms with Gasteiger partial charge >= 0.3 is 12.1 Å². The number of benzene rings is 1. The molecule has 1 rings (SSSR count). The first-order chi connectivity index (χ1) is 14.5. The van der Waals surface area contributed by atoms with Crippen molar-refractivity contribution < 1.29 is 24.0 Å². The number of amides is 2. The molecule has 1 aromatic carbocycles. The third kappa shape index (κ3) is 10.2. The van der Waals surface area contributed by atoms with E-state index in [1.54, 1.807) is 0 Å². The highest BCUT2D eigenvalue weighted by molar-refractivity contribution is 5.89. The summed E-state index contributed by atoms with van der Waals surface area (Å²) in [4.78, 5) is 41.1. The topological polar surface area (TPSA) is 172 Å². The Balaban J connectivity index is 2.69. The van der Waals surface area contributed by atoms with Crippen LogP contribution in [0.3, 0.4) is 0 Å². The molecule has 8 N–H and O–H groups in total. The first kappa shape index (κ1) is 25.3. The normalized spacial score (nSPS) is 12.5. The van der Waals surface area contributed by atoms with Crippen LogP contribution in [-0.2, 0) is 25.8 Å². The lowest BCUT2D eigenvalue weighted by atomic mass is 10.1. The van der Waals surface area contributed by atoms with Crippen molar-refractivity contribution in [3.8, 4) is 0 Å². The van der Waals surface area contributed by atoms with Gasteiger partial charge in [-0.1, -0.05) is 30.3 Å². The van der Waals surface area contributed by atoms with Crippen LogP contribution in [0.5, 0.6) is 0 Å². The van der Waals surface area contributed by atoms with Crippen molar-refractivity contribution in [3.63, 3.8) is 0 Å². The molecule has 0 spiro atoms. The second kappa shape index (κ2) is 15.2. The van der Waals surface area contributed by atoms with Gasteiger partial charge in [-0.15, -0.1) is 0 Å². The quantitative estimate of drug-likeness (QED) is 0.212. The zero-order valence-electron chi connectivity index (χ0n) is 17.2. The molecule has 0 saturated carbocycles. The van der Waals surface area contributed by atoms with E-state index >= 15 is 0 Å². The maximum Gasteiger partial charge on any atom is 0.408 e. The molecule has 0 unspecified atom stereocenters. The van der Waals surface area contributed by atoms with Crippen molar-refractivity contribution >= 4 is 18.0 Å². The predicted molar refractivity (Wildman–Crippen MR) is 112 cm³/mol. The zero-order valence-corrected chi connectivity index (χ0v) is 17.2. The minimum atomic E-state index is -0.923. The number of hydrogen-bond donors (Lipinski definition) is 5. The van der Waals surface area contributed by atoms with Gasteiger partial charge in [-0.25, -0.2) is 9.59 Å². The first-order valence-electron chi connectivity index (χ1n) is 10.1. The summed E-state index contributed by atoms with van der Waals surface area (Å²) >= 11 is 0. The third-order valence-electron chi connectivity index (χ3n) is 4.43. The molecule has 30 heavy (non-hydrogen) atoms. The number of carbonyl (C=O) groups excluding carboxylic acids is 3. The Morgan fingerprint density at radius 1 is 0.867 bits per heavy atom. The van der Waals surface area contributed by atoms with Gasteiger partial charge < -0.3 is 31.7 Å². The molecule has 2 atom stereocenters. The van der Waals surface area contributed by atoms with E-state index in [9.17, 15) is 14.4 Å². The van der Waals surface area contributed by atoms with Crippen molar-refractivity contribution in [2.75, 3.05) is 13.1 Å². The summed E-state index contributed by atoms with van der Waals surface area (Å²) in [5, 5.41) is 5.16. The van der Waals surface area contributed by atoms with Gasteiger partial charge in [0.1, 0.15) is 18.7 Å². The molecular formula is C20H33N5O5. The monoisotopic (exact) mass is 423 g/mol. The molecule has 2 amide bonds. The van der Waals surface area contributed by atoms with Crippen LogP contribution in [0.4, 0.5) is 4.79 Å². The van der Waals surface area contributed by atoms with Crippen molar-refractivity contribution in [2.45, 2.75) is 57.2 Å². The van der Waals surface area contributed by atoms with Gasteiger partial charge in [-0.3, -0.25) is 4.79 Å². The van der Waals surface area contributed by atoms with E-state index in [0.29, 0.717) is 51.6 Å². The van der Waals surface area contributed by atoms with Crippen LogP contribution >= 0.6 is 0 Å². The minimum Gasteiger partial charge on any atom is -0.445 e. The Morgan fingerprint density at radius 3 is 2.03 bits per heavy atom. The summed E-state index contributed by atoms with van der Waals surface area (Å²) in [6.45, 7) is 1.01. The fraction of sp³-hybridized carbons (Fsp3) is 0.550. The van der Waals surface area contributed by atoms with E-state index in [1.807, 2.05) is 30.3 Å². The molecule has 0 aromatic heterocycles. The molecule has 0 bridgehead atoms. The largest absolute Gasteiger partial charge is 0.445 e. The molecule has 0 aliphatic heterocycles. The SMILES string of the molecule is NCCCC[C@H](NC(=O)OCc1ccccc1)C(=O)N[C@@H](CCCCN)C(=O)ON. The summed E-state index contributed by atoms with van der Waals surface area (Å²) in [5.74, 6) is 3.70. The smallest absolute Gasteiger partial charge is 0.408 e. The lowest BCUT2D eigenvalue weighted by Gasteiger charge is -2.22. The maximum absolute atomic E-state index is 12.7. The maximum atomic E-state index is 12.7. The van der Waals surface area contributed by atoms with E-state index in [-0.39, 0.29) is 6.61 Å². The average molecular weight is 424 g/mol. The average Bonchev–Trinajstić information content (AvgIpc) is 2.76. The van der Waals surface area contributed by atoms with E-state index in [2.05, 4.69) is 15.5 Å². The van der Waals surface area contributed by atoms with Crippen molar-refractivity contribution in [3.05, 3.63) is 35.9 Å². The van der Waals surface area contributed by atoms with Crippen LogP contribution < -0.4 is 28.0 Å². The lowest BCUT2D eigenvalue weighted by molar-refractivity contribution is -0.148. The number of ether oxygens (including phenoxy) is 1. The first-order valence-corrected chi connectivity index (χ1v) is 10.1. The van der Waals surface area contributed by atoms with Gasteiger partial charge in [-0.05, 0) is 57.2 Å². The molecule has 10 nitrogen and oxygen atoms in total. The molecule has 0 heterocycles. The Morgan fingerprint density at radius 2 is 1.47 bits per heavy atom. The molecule has 10 heteroatoms. The number of unbranched alkanes of at least 4 members (excludes halogenated alkanes) is 2. The zero-order chi connectivity index (χ0) is 22.2. The number of nitrogens with two attached hydrogens (primary N) is 3. The number of alkyl carbamates (subject to hydrolysis) is 1. The molecule has 168 valence electrons. The van der Waals surface area contributed by atoms with Crippen LogP contribution in [0.1, 0.15) is 44.1 Å². The van der Waals surface area contributed by atoms with Gasteiger partial charge in [0.05, 0.1) is 0 Å². The lowest BCUT2D eigenvalue weighted by Crippen LogP contribution is -2.52. The van der Waals surface area contributed by atoms with Gasteiger partial charge in [0, 0.05) is 0 Å². The molecular weight excluding hydrogens is 390 g/mol. The summed E-state index contributed by atoms with van der Waals surface area (Å²) in [6, 6.07) is 7.36. The van der Waals surface area contributed by atoms with Crippen LogP contribution in [0.15, 0.2) is 30.3 Å². The number of nitrogens with one attached hydrogen (secondary N) is 2. The molecule has 0 radical (unpaired) electrons. The second-order valence-corrected chi connectivity index (χ2v) is 6.83. The Hall–Kier alpha value is -2.69. The highest BCUT2D eigenvalue weighted by atomic mass is 16.7. The molecule has 0 aliphatic carbocycles. The Labute approximate surface area is 176 Å². The van der Waals surface area contributed by atoms with Crippen LogP contribution in [0.25, 0.3) is 0 Å². The van der Waals surface area contributed by atoms with E-state index in [1.165, 1.54) is 0 Å². The van der Waals surface area contributed by atoms with Crippen LogP contribution in [0, 0.1) is 0 Å². The van der Waals surface area contributed by atoms with Gasteiger partial charge in [0.2, 0.25) is 5.91 Å². The Kier molecular flexibility index (Phi) is 12.8. The third-order valence-corrected chi connectivity index (χ3v) is 4.43. The molecule has 1 aromatic rings. The summed E-state index contributed by atoms with van der Waals surface area (Å²) < 4.78 is 5.19. The van der Waals surface area contributed by atoms with Crippen molar-refractivity contribution in [2.24, 2.45) is 17.4 Å². The second-order valence-electron chi connectivity index (χ2n) is 6.83. The fourth-order valence-electron chi connectivity index (χ4n) is 2.76. The van der Waals surface area contributed by atoms with Crippen molar-refractivity contribution in [1.82, 2.24) is 10.6 Å². The highest BCUT2D eigenvalue weighted by Crippen LogP contribution is 2.07. The van der Waals surface area contributed by atoms with Crippen LogP contribution in [-0.4, -0.2) is 43.1 Å². The number of carbonyl (C=O) groups is 3. The minimum absolute atomic E-state index is 0.0744. The molecule has 0 aliphatic rings. The van der Waals surface area contributed by atoms with Gasteiger partial charge in [0.15, 0.2) is 0 Å². The fourth-order valence-corrected chi connectivity index (χ4v) is 2.76. The Bertz CT molecular complexity index is 644. The molecule has 0 fully saturated rings. The van der Waals surface area contributed by atoms with Crippen LogP contribution in [0.2, 0.25) is 0 Å². The standard InChI is InChI=1S/C20H33N5O5/c21-12-6-4-10-16(25-20(28)29-14-15-8-2-1-3-9-15)18(26)24-17(19(27)30-23)11-5-7-13-22/h1-3,8-9,16-17H,4-7,10-14,21-23H2,(H,24,26)(H,25,28)/t16-,17-/m0/s1. The van der Waals surface area contributed by atoms with Gasteiger partial charge in [-0.2, -0.15) is 5.90 Å². The highest BCUT2D eigenvalue weighted by Gasteiger charge is 2.27. The summed E-state index contributed by atoms with van der Waals surface area (Å²) in [6.07, 6.45) is 2.55. The predicted octanol–water partition coefficient (Wildman–Crippen LogP) is 0.441. The van der Waals surface area contributed by atoms with E-state index in [4.69, 9.17) is 22.1 Å².